The third-order valence-corrected chi connectivity index (χ3v) is 0.867. The van der Waals surface area contributed by atoms with Crippen molar-refractivity contribution >= 4 is 5.97 Å². The second kappa shape index (κ2) is 4.72. The zero-order valence-electron chi connectivity index (χ0n) is 7.31. The molecule has 0 rings (SSSR count). The van der Waals surface area contributed by atoms with Crippen LogP contribution in [-0.2, 0) is 9.53 Å². The molecule has 0 fully saturated rings. The average Bonchev–Trinajstić information content (AvgIpc) is 1.82. The van der Waals surface area contributed by atoms with Gasteiger partial charge >= 0.3 is 5.97 Å². The number of esters is 1. The smallest absolute Gasteiger partial charge is 0.330 e. The highest BCUT2D eigenvalue weighted by molar-refractivity contribution is 5.82. The highest BCUT2D eigenvalue weighted by Crippen LogP contribution is 1.93. The first kappa shape index (κ1) is 9.95. The van der Waals surface area contributed by atoms with Crippen LogP contribution in [0.4, 0.5) is 0 Å². The van der Waals surface area contributed by atoms with Gasteiger partial charge in [0.05, 0.1) is 0 Å². The van der Waals surface area contributed by atoms with Crippen LogP contribution in [0.2, 0.25) is 0 Å². The molecule has 0 heterocycles. The predicted octanol–water partition coefficient (Wildman–Crippen LogP) is 2.07. The molecule has 0 aromatic heterocycles. The molecule has 0 saturated heterocycles. The molecule has 0 N–H and O–H groups in total. The molecule has 62 valence electrons. The molecule has 0 aliphatic heterocycles. The van der Waals surface area contributed by atoms with Gasteiger partial charge in [-0.05, 0) is 26.3 Å². The summed E-state index contributed by atoms with van der Waals surface area (Å²) in [6, 6.07) is 0. The second-order valence-corrected chi connectivity index (χ2v) is 2.79. The fourth-order valence-electron chi connectivity index (χ4n) is 0.472. The molecule has 0 atom stereocenters. The summed E-state index contributed by atoms with van der Waals surface area (Å²) in [6.45, 7) is 9.43. The van der Waals surface area contributed by atoms with Crippen molar-refractivity contribution in [3.63, 3.8) is 0 Å². The quantitative estimate of drug-likeness (QED) is 0.353. The fourth-order valence-corrected chi connectivity index (χ4v) is 0.472. The number of allylic oxidation sites excluding steroid dienone is 1. The Bertz CT molecular complexity index is 186. The summed E-state index contributed by atoms with van der Waals surface area (Å²) in [7, 11) is 0. The third-order valence-electron chi connectivity index (χ3n) is 0.867. The van der Waals surface area contributed by atoms with Crippen molar-refractivity contribution in [2.24, 2.45) is 0 Å². The first-order valence-electron chi connectivity index (χ1n) is 3.48. The molecular formula is C9H14O2. The summed E-state index contributed by atoms with van der Waals surface area (Å²) in [6.07, 6.45) is 1.46. The number of hydrogen-bond acceptors (Lipinski definition) is 2. The van der Waals surface area contributed by atoms with Crippen LogP contribution in [0.3, 0.4) is 0 Å². The van der Waals surface area contributed by atoms with E-state index in [0.717, 1.165) is 11.1 Å². The van der Waals surface area contributed by atoms with Crippen LogP contribution >= 0.6 is 0 Å². The normalized spacial score (nSPS) is 8.64. The first-order chi connectivity index (χ1) is 5.02. The lowest BCUT2D eigenvalue weighted by atomic mass is 10.3. The Balaban J connectivity index is 3.71. The molecule has 11 heavy (non-hydrogen) atoms. The Morgan fingerprint density at radius 1 is 1.45 bits per heavy atom. The summed E-state index contributed by atoms with van der Waals surface area (Å²) in [5.74, 6) is -0.298. The van der Waals surface area contributed by atoms with Crippen LogP contribution in [0.5, 0.6) is 0 Å². The van der Waals surface area contributed by atoms with Crippen LogP contribution in [-0.4, -0.2) is 12.6 Å². The maximum absolute atomic E-state index is 10.8. The van der Waals surface area contributed by atoms with Crippen molar-refractivity contribution in [3.05, 3.63) is 23.8 Å². The van der Waals surface area contributed by atoms with E-state index in [2.05, 4.69) is 6.58 Å². The Kier molecular flexibility index (Phi) is 4.27. The zero-order valence-corrected chi connectivity index (χ0v) is 7.31. The lowest BCUT2D eigenvalue weighted by Crippen LogP contribution is -2.02. The lowest BCUT2D eigenvalue weighted by molar-refractivity contribution is -0.136. The fraction of sp³-hybridized carbons (Fsp3) is 0.444. The van der Waals surface area contributed by atoms with Crippen molar-refractivity contribution in [1.82, 2.24) is 0 Å². The van der Waals surface area contributed by atoms with Crippen LogP contribution < -0.4 is 0 Å². The number of carbonyl (C=O) groups excluding carboxylic acids is 1. The van der Waals surface area contributed by atoms with Gasteiger partial charge in [-0.1, -0.05) is 12.2 Å². The molecule has 0 amide bonds. The average molecular weight is 154 g/mol. The molecular weight excluding hydrogens is 140 g/mol. The van der Waals surface area contributed by atoms with Gasteiger partial charge in [0.1, 0.15) is 6.61 Å². The summed E-state index contributed by atoms with van der Waals surface area (Å²) < 4.78 is 4.80. The lowest BCUT2D eigenvalue weighted by Gasteiger charge is -1.99. The van der Waals surface area contributed by atoms with Crippen LogP contribution in [0.25, 0.3) is 0 Å². The molecule has 0 aromatic rings. The van der Waals surface area contributed by atoms with E-state index >= 15 is 0 Å². The summed E-state index contributed by atoms with van der Waals surface area (Å²) >= 11 is 0. The highest BCUT2D eigenvalue weighted by Gasteiger charge is 1.96. The molecule has 0 aromatic carbocycles. The maximum Gasteiger partial charge on any atom is 0.330 e. The zero-order chi connectivity index (χ0) is 8.85. The Labute approximate surface area is 67.6 Å². The van der Waals surface area contributed by atoms with Gasteiger partial charge in [0.2, 0.25) is 0 Å². The number of hydrogen-bond donors (Lipinski definition) is 0. The number of rotatable bonds is 3. The molecule has 2 nitrogen and oxygen atoms in total. The van der Waals surface area contributed by atoms with E-state index in [0.29, 0.717) is 6.61 Å². The van der Waals surface area contributed by atoms with Crippen LogP contribution in [0.1, 0.15) is 20.8 Å². The van der Waals surface area contributed by atoms with Gasteiger partial charge in [-0.25, -0.2) is 4.79 Å². The standard InChI is InChI=1S/C9H14O2/c1-7(2)5-9(10)11-6-8(3)4/h5H,3,6H2,1-2,4H3. The monoisotopic (exact) mass is 154 g/mol. The van der Waals surface area contributed by atoms with Gasteiger partial charge in [0.25, 0.3) is 0 Å². The van der Waals surface area contributed by atoms with E-state index in [-0.39, 0.29) is 5.97 Å². The molecule has 0 unspecified atom stereocenters. The van der Waals surface area contributed by atoms with Gasteiger partial charge in [-0.15, -0.1) is 0 Å². The van der Waals surface area contributed by atoms with Crippen molar-refractivity contribution in [2.45, 2.75) is 20.8 Å². The van der Waals surface area contributed by atoms with E-state index in [1.165, 1.54) is 6.08 Å². The number of carbonyl (C=O) groups is 1. The van der Waals surface area contributed by atoms with Crippen molar-refractivity contribution in [1.29, 1.82) is 0 Å². The van der Waals surface area contributed by atoms with Gasteiger partial charge in [-0.3, -0.25) is 0 Å². The molecule has 0 bridgehead atoms. The van der Waals surface area contributed by atoms with E-state index in [4.69, 9.17) is 4.74 Å². The Hall–Kier alpha value is -1.05. The highest BCUT2D eigenvalue weighted by atomic mass is 16.5. The van der Waals surface area contributed by atoms with E-state index in [1.54, 1.807) is 0 Å². The van der Waals surface area contributed by atoms with Gasteiger partial charge in [-0.2, -0.15) is 0 Å². The molecule has 2 heteroatoms. The minimum absolute atomic E-state index is 0.298. The summed E-state index contributed by atoms with van der Waals surface area (Å²) in [5, 5.41) is 0. The van der Waals surface area contributed by atoms with Crippen LogP contribution in [0, 0.1) is 0 Å². The molecule has 0 aliphatic rings. The number of ether oxygens (including phenoxy) is 1. The van der Waals surface area contributed by atoms with Gasteiger partial charge < -0.3 is 4.74 Å². The summed E-state index contributed by atoms with van der Waals surface area (Å²) in [4.78, 5) is 10.8. The Morgan fingerprint density at radius 2 is 2.00 bits per heavy atom. The van der Waals surface area contributed by atoms with Gasteiger partial charge in [0, 0.05) is 6.08 Å². The van der Waals surface area contributed by atoms with E-state index in [9.17, 15) is 4.79 Å². The minimum Gasteiger partial charge on any atom is -0.458 e. The van der Waals surface area contributed by atoms with E-state index in [1.807, 2.05) is 20.8 Å². The summed E-state index contributed by atoms with van der Waals surface area (Å²) in [5.41, 5.74) is 1.79. The van der Waals surface area contributed by atoms with Crippen LogP contribution in [0.15, 0.2) is 23.8 Å². The first-order valence-corrected chi connectivity index (χ1v) is 3.48. The van der Waals surface area contributed by atoms with Crippen molar-refractivity contribution in [3.8, 4) is 0 Å². The molecule has 0 spiro atoms. The second-order valence-electron chi connectivity index (χ2n) is 2.79. The van der Waals surface area contributed by atoms with Gasteiger partial charge in [0.15, 0.2) is 0 Å². The predicted molar refractivity (Wildman–Crippen MR) is 45.2 cm³/mol. The third kappa shape index (κ3) is 6.84. The van der Waals surface area contributed by atoms with Crippen molar-refractivity contribution < 1.29 is 9.53 Å². The molecule has 0 aliphatic carbocycles. The molecule has 0 radical (unpaired) electrons. The molecule has 0 saturated carbocycles. The maximum atomic E-state index is 10.8. The Morgan fingerprint density at radius 3 is 2.36 bits per heavy atom. The van der Waals surface area contributed by atoms with E-state index < -0.39 is 0 Å². The topological polar surface area (TPSA) is 26.3 Å². The minimum atomic E-state index is -0.298. The van der Waals surface area contributed by atoms with Crippen molar-refractivity contribution in [2.75, 3.05) is 6.61 Å². The largest absolute Gasteiger partial charge is 0.458 e. The SMILES string of the molecule is C=C(C)COC(=O)C=C(C)C.